The number of aromatic nitrogens is 5. The second-order valence-electron chi connectivity index (χ2n) is 8.74. The van der Waals surface area contributed by atoms with Crippen LogP contribution in [0.2, 0.25) is 0 Å². The van der Waals surface area contributed by atoms with Crippen LogP contribution >= 0.6 is 0 Å². The molecule has 0 spiro atoms. The molecule has 4 heterocycles. The third-order valence-electron chi connectivity index (χ3n) is 6.70. The Balaban J connectivity index is 1.43. The first-order valence-electron chi connectivity index (χ1n) is 10.7. The van der Waals surface area contributed by atoms with E-state index in [1.54, 1.807) is 6.20 Å². The average Bonchev–Trinajstić information content (AvgIpc) is 3.43. The number of aromatic amines is 1. The smallest absolute Gasteiger partial charge is 0.262 e. The van der Waals surface area contributed by atoms with Gasteiger partial charge in [0.15, 0.2) is 5.65 Å². The summed E-state index contributed by atoms with van der Waals surface area (Å²) in [5, 5.41) is 5.13. The standard InChI is InChI=1S/C22H28N6O/c1-14-11-27(12-16-6-5-9-23-15(16)2)13-19(14)20-25-21-18(22(29)26-20)10-24-28(21)17-7-3-4-8-17/h5-6,9-10,14,17,19H,3-4,7-8,11-13H2,1-2H3,(H,25,26,29)/t14-,19-/m1/s1. The number of hydrogen-bond donors (Lipinski definition) is 1. The maximum atomic E-state index is 12.7. The Morgan fingerprint density at radius 3 is 2.86 bits per heavy atom. The van der Waals surface area contributed by atoms with E-state index in [1.807, 2.05) is 16.9 Å². The number of pyridine rings is 1. The summed E-state index contributed by atoms with van der Waals surface area (Å²) in [5.41, 5.74) is 3.03. The molecule has 152 valence electrons. The summed E-state index contributed by atoms with van der Waals surface area (Å²) in [5.74, 6) is 1.45. The molecule has 1 N–H and O–H groups in total. The number of nitrogens with zero attached hydrogens (tertiary/aromatic N) is 5. The molecule has 1 saturated heterocycles. The van der Waals surface area contributed by atoms with Gasteiger partial charge in [0.2, 0.25) is 0 Å². The number of fused-ring (bicyclic) bond motifs is 1. The molecular weight excluding hydrogens is 364 g/mol. The van der Waals surface area contributed by atoms with Gasteiger partial charge in [-0.2, -0.15) is 5.10 Å². The Bertz CT molecular complexity index is 1080. The van der Waals surface area contributed by atoms with E-state index in [1.165, 1.54) is 18.4 Å². The highest BCUT2D eigenvalue weighted by molar-refractivity contribution is 5.73. The minimum Gasteiger partial charge on any atom is -0.310 e. The van der Waals surface area contributed by atoms with Crippen LogP contribution in [-0.4, -0.2) is 42.7 Å². The zero-order valence-electron chi connectivity index (χ0n) is 17.1. The fourth-order valence-electron chi connectivity index (χ4n) is 5.02. The predicted molar refractivity (Wildman–Crippen MR) is 112 cm³/mol. The second-order valence-corrected chi connectivity index (χ2v) is 8.74. The number of aryl methyl sites for hydroxylation is 1. The monoisotopic (exact) mass is 392 g/mol. The normalized spacial score (nSPS) is 23.4. The average molecular weight is 393 g/mol. The van der Waals surface area contributed by atoms with E-state index in [0.29, 0.717) is 17.3 Å². The Morgan fingerprint density at radius 2 is 2.07 bits per heavy atom. The number of hydrogen-bond acceptors (Lipinski definition) is 5. The van der Waals surface area contributed by atoms with Gasteiger partial charge in [0.25, 0.3) is 5.56 Å². The van der Waals surface area contributed by atoms with Crippen LogP contribution in [0.5, 0.6) is 0 Å². The summed E-state index contributed by atoms with van der Waals surface area (Å²) < 4.78 is 2.00. The van der Waals surface area contributed by atoms with Crippen molar-refractivity contribution in [3.8, 4) is 0 Å². The molecular formula is C22H28N6O. The predicted octanol–water partition coefficient (Wildman–Crippen LogP) is 3.17. The Kier molecular flexibility index (Phi) is 4.70. The van der Waals surface area contributed by atoms with E-state index in [2.05, 4.69) is 39.9 Å². The lowest BCUT2D eigenvalue weighted by Gasteiger charge is -2.17. The van der Waals surface area contributed by atoms with Gasteiger partial charge in [-0.3, -0.25) is 14.7 Å². The maximum absolute atomic E-state index is 12.7. The van der Waals surface area contributed by atoms with Gasteiger partial charge < -0.3 is 4.98 Å². The fraction of sp³-hybridized carbons (Fsp3) is 0.545. The molecule has 1 aliphatic heterocycles. The van der Waals surface area contributed by atoms with Crippen LogP contribution in [0, 0.1) is 12.8 Å². The Hall–Kier alpha value is -2.54. The van der Waals surface area contributed by atoms with Crippen molar-refractivity contribution in [1.82, 2.24) is 29.6 Å². The molecule has 0 unspecified atom stereocenters. The molecule has 0 amide bonds. The topological polar surface area (TPSA) is 79.7 Å². The van der Waals surface area contributed by atoms with Crippen LogP contribution < -0.4 is 5.56 Å². The summed E-state index contributed by atoms with van der Waals surface area (Å²) in [6, 6.07) is 4.52. The van der Waals surface area contributed by atoms with Crippen molar-refractivity contribution in [2.75, 3.05) is 13.1 Å². The molecule has 0 aromatic carbocycles. The highest BCUT2D eigenvalue weighted by atomic mass is 16.1. The van der Waals surface area contributed by atoms with Gasteiger partial charge >= 0.3 is 0 Å². The first kappa shape index (κ1) is 18.5. The van der Waals surface area contributed by atoms with Gasteiger partial charge in [-0.15, -0.1) is 0 Å². The molecule has 1 saturated carbocycles. The van der Waals surface area contributed by atoms with E-state index in [9.17, 15) is 4.79 Å². The van der Waals surface area contributed by atoms with Gasteiger partial charge in [-0.05, 0) is 37.3 Å². The SMILES string of the molecule is Cc1ncccc1CN1C[C@@H](C)[C@H](c2nc3c(cnn3C3CCCC3)c(=O)[nH]2)C1. The highest BCUT2D eigenvalue weighted by Crippen LogP contribution is 2.33. The van der Waals surface area contributed by atoms with Crippen molar-refractivity contribution in [2.24, 2.45) is 5.92 Å². The molecule has 5 rings (SSSR count). The molecule has 3 aromatic heterocycles. The zero-order valence-corrected chi connectivity index (χ0v) is 17.1. The first-order chi connectivity index (χ1) is 14.1. The van der Waals surface area contributed by atoms with Gasteiger partial charge in [0.1, 0.15) is 11.2 Å². The van der Waals surface area contributed by atoms with Crippen LogP contribution in [0.1, 0.15) is 61.6 Å². The maximum Gasteiger partial charge on any atom is 0.262 e. The van der Waals surface area contributed by atoms with Crippen molar-refractivity contribution >= 4 is 11.0 Å². The van der Waals surface area contributed by atoms with E-state index in [4.69, 9.17) is 4.98 Å². The third kappa shape index (κ3) is 3.37. The molecule has 0 bridgehead atoms. The van der Waals surface area contributed by atoms with E-state index < -0.39 is 0 Å². The minimum absolute atomic E-state index is 0.0667. The quantitative estimate of drug-likeness (QED) is 0.738. The molecule has 0 radical (unpaired) electrons. The van der Waals surface area contributed by atoms with Crippen molar-refractivity contribution in [2.45, 2.75) is 58.0 Å². The summed E-state index contributed by atoms with van der Waals surface area (Å²) in [7, 11) is 0. The summed E-state index contributed by atoms with van der Waals surface area (Å²) in [6.07, 6.45) is 8.22. The second kappa shape index (κ2) is 7.37. The van der Waals surface area contributed by atoms with Crippen LogP contribution in [0.15, 0.2) is 29.3 Å². The van der Waals surface area contributed by atoms with Crippen LogP contribution in [0.3, 0.4) is 0 Å². The molecule has 7 heteroatoms. The fourth-order valence-corrected chi connectivity index (χ4v) is 5.02. The summed E-state index contributed by atoms with van der Waals surface area (Å²) in [6.45, 7) is 7.07. The molecule has 2 fully saturated rings. The molecule has 7 nitrogen and oxygen atoms in total. The number of likely N-dealkylation sites (tertiary alicyclic amines) is 1. The molecule has 2 aliphatic rings. The molecule has 1 aliphatic carbocycles. The van der Waals surface area contributed by atoms with Crippen molar-refractivity contribution in [3.05, 3.63) is 52.0 Å². The van der Waals surface area contributed by atoms with E-state index >= 15 is 0 Å². The van der Waals surface area contributed by atoms with Crippen molar-refractivity contribution in [1.29, 1.82) is 0 Å². The lowest BCUT2D eigenvalue weighted by Crippen LogP contribution is -2.22. The van der Waals surface area contributed by atoms with Crippen molar-refractivity contribution < 1.29 is 0 Å². The van der Waals surface area contributed by atoms with Crippen LogP contribution in [0.4, 0.5) is 0 Å². The number of H-pyrrole nitrogens is 1. The lowest BCUT2D eigenvalue weighted by molar-refractivity contribution is 0.317. The van der Waals surface area contributed by atoms with Gasteiger partial charge in [-0.25, -0.2) is 9.67 Å². The van der Waals surface area contributed by atoms with Gasteiger partial charge in [-0.1, -0.05) is 25.8 Å². The summed E-state index contributed by atoms with van der Waals surface area (Å²) in [4.78, 5) is 27.6. The third-order valence-corrected chi connectivity index (χ3v) is 6.70. The zero-order chi connectivity index (χ0) is 20.0. The number of nitrogens with one attached hydrogen (secondary N) is 1. The molecule has 3 aromatic rings. The molecule has 2 atom stereocenters. The van der Waals surface area contributed by atoms with Crippen molar-refractivity contribution in [3.63, 3.8) is 0 Å². The van der Waals surface area contributed by atoms with E-state index in [-0.39, 0.29) is 11.5 Å². The largest absolute Gasteiger partial charge is 0.310 e. The summed E-state index contributed by atoms with van der Waals surface area (Å²) >= 11 is 0. The van der Waals surface area contributed by atoms with Gasteiger partial charge in [0, 0.05) is 37.4 Å². The highest BCUT2D eigenvalue weighted by Gasteiger charge is 2.33. The first-order valence-corrected chi connectivity index (χ1v) is 10.7. The van der Waals surface area contributed by atoms with E-state index in [0.717, 1.165) is 49.6 Å². The van der Waals surface area contributed by atoms with Gasteiger partial charge in [0.05, 0.1) is 12.2 Å². The lowest BCUT2D eigenvalue weighted by atomic mass is 9.97. The Morgan fingerprint density at radius 1 is 1.24 bits per heavy atom. The van der Waals surface area contributed by atoms with Crippen LogP contribution in [0.25, 0.3) is 11.0 Å². The molecule has 29 heavy (non-hydrogen) atoms. The van der Waals surface area contributed by atoms with Crippen LogP contribution in [-0.2, 0) is 6.54 Å². The minimum atomic E-state index is -0.0667. The number of rotatable bonds is 4. The Labute approximate surface area is 170 Å².